The van der Waals surface area contributed by atoms with Crippen LogP contribution >= 0.6 is 11.6 Å². The van der Waals surface area contributed by atoms with Crippen LogP contribution < -0.4 is 0 Å². The molecular formula is C11H10ClN3. The molecule has 2 rings (SSSR count). The van der Waals surface area contributed by atoms with Gasteiger partial charge in [0.05, 0.1) is 25.0 Å². The largest absolute Gasteiger partial charge is 0.281 e. The van der Waals surface area contributed by atoms with E-state index in [0.29, 0.717) is 13.1 Å². The zero-order valence-electron chi connectivity index (χ0n) is 8.10. The molecule has 0 radical (unpaired) electrons. The van der Waals surface area contributed by atoms with Gasteiger partial charge in [-0.2, -0.15) is 0 Å². The molecule has 15 heavy (non-hydrogen) atoms. The lowest BCUT2D eigenvalue weighted by Crippen LogP contribution is -2.09. The third kappa shape index (κ3) is 2.99. The van der Waals surface area contributed by atoms with Crippen molar-refractivity contribution in [3.63, 3.8) is 0 Å². The van der Waals surface area contributed by atoms with Gasteiger partial charge >= 0.3 is 0 Å². The van der Waals surface area contributed by atoms with E-state index in [2.05, 4.69) is 15.0 Å². The Hall–Kier alpha value is -1.48. The summed E-state index contributed by atoms with van der Waals surface area (Å²) in [7, 11) is 0. The van der Waals surface area contributed by atoms with Crippen molar-refractivity contribution in [3.05, 3.63) is 34.9 Å². The van der Waals surface area contributed by atoms with Crippen molar-refractivity contribution in [2.45, 2.75) is 6.54 Å². The lowest BCUT2D eigenvalue weighted by atomic mass is 10.2. The molecule has 0 N–H and O–H groups in total. The molecule has 0 unspecified atom stereocenters. The summed E-state index contributed by atoms with van der Waals surface area (Å²) in [5.74, 6) is 0. The Balaban J connectivity index is 2.01. The lowest BCUT2D eigenvalue weighted by Gasteiger charge is -2.01. The number of rotatable bonds is 2. The minimum atomic E-state index is 0.622. The summed E-state index contributed by atoms with van der Waals surface area (Å²) in [6, 6.07) is 7.67. The molecular weight excluding hydrogens is 210 g/mol. The van der Waals surface area contributed by atoms with Crippen molar-refractivity contribution < 1.29 is 0 Å². The van der Waals surface area contributed by atoms with Crippen LogP contribution in [0, 0.1) is 0 Å². The molecule has 1 aromatic carbocycles. The van der Waals surface area contributed by atoms with Crippen molar-refractivity contribution in [1.82, 2.24) is 0 Å². The van der Waals surface area contributed by atoms with Gasteiger partial charge < -0.3 is 0 Å². The van der Waals surface area contributed by atoms with Crippen LogP contribution in [0.2, 0.25) is 5.02 Å². The van der Waals surface area contributed by atoms with Gasteiger partial charge in [-0.15, -0.1) is 0 Å². The van der Waals surface area contributed by atoms with Crippen LogP contribution in [0.4, 0.5) is 0 Å². The summed E-state index contributed by atoms with van der Waals surface area (Å²) in [6.45, 7) is 1.27. The lowest BCUT2D eigenvalue weighted by molar-refractivity contribution is 1.06. The number of hydrogen-bond acceptors (Lipinski definition) is 3. The Kier molecular flexibility index (Phi) is 3.25. The summed E-state index contributed by atoms with van der Waals surface area (Å²) in [6.07, 6.45) is 3.28. The van der Waals surface area contributed by atoms with Gasteiger partial charge in [0.1, 0.15) is 6.34 Å². The molecule has 0 saturated heterocycles. The van der Waals surface area contributed by atoms with Crippen LogP contribution in [-0.4, -0.2) is 24.8 Å². The fraction of sp³-hybridized carbons (Fsp3) is 0.182. The molecule has 1 heterocycles. The van der Waals surface area contributed by atoms with Crippen LogP contribution in [0.25, 0.3) is 0 Å². The van der Waals surface area contributed by atoms with Crippen LogP contribution in [0.1, 0.15) is 5.56 Å². The van der Waals surface area contributed by atoms with Crippen LogP contribution in [0.3, 0.4) is 0 Å². The van der Waals surface area contributed by atoms with Crippen molar-refractivity contribution in [1.29, 1.82) is 0 Å². The molecule has 1 aliphatic heterocycles. The fourth-order valence-electron chi connectivity index (χ4n) is 1.22. The van der Waals surface area contributed by atoms with E-state index in [1.165, 1.54) is 0 Å². The Morgan fingerprint density at radius 2 is 2.07 bits per heavy atom. The number of benzene rings is 1. The third-order valence-electron chi connectivity index (χ3n) is 2.00. The quantitative estimate of drug-likeness (QED) is 0.733. The van der Waals surface area contributed by atoms with Gasteiger partial charge in [-0.3, -0.25) is 9.98 Å². The number of hydrogen-bond donors (Lipinski definition) is 0. The molecule has 3 nitrogen and oxygen atoms in total. The Morgan fingerprint density at radius 3 is 2.73 bits per heavy atom. The summed E-state index contributed by atoms with van der Waals surface area (Å²) in [5, 5.41) is 0.746. The van der Waals surface area contributed by atoms with E-state index < -0.39 is 0 Å². The van der Waals surface area contributed by atoms with Crippen LogP contribution in [0.5, 0.6) is 0 Å². The van der Waals surface area contributed by atoms with Gasteiger partial charge in [0, 0.05) is 5.02 Å². The maximum absolute atomic E-state index is 5.78. The van der Waals surface area contributed by atoms with Gasteiger partial charge in [0.25, 0.3) is 0 Å². The van der Waals surface area contributed by atoms with Crippen LogP contribution in [0.15, 0.2) is 39.2 Å². The monoisotopic (exact) mass is 219 g/mol. The fourth-order valence-corrected chi connectivity index (χ4v) is 1.34. The molecule has 1 aromatic rings. The summed E-state index contributed by atoms with van der Waals surface area (Å²) in [4.78, 5) is 12.3. The van der Waals surface area contributed by atoms with Crippen molar-refractivity contribution in [2.24, 2.45) is 15.0 Å². The highest BCUT2D eigenvalue weighted by atomic mass is 35.5. The molecule has 0 atom stereocenters. The minimum absolute atomic E-state index is 0.622. The maximum Gasteiger partial charge on any atom is 0.110 e. The molecule has 4 heteroatoms. The second-order valence-corrected chi connectivity index (χ2v) is 3.60. The number of halogens is 1. The zero-order valence-corrected chi connectivity index (χ0v) is 8.85. The zero-order chi connectivity index (χ0) is 10.5. The average Bonchev–Trinajstić information content (AvgIpc) is 2.30. The van der Waals surface area contributed by atoms with E-state index in [1.807, 2.05) is 24.3 Å². The predicted molar refractivity (Wildman–Crippen MR) is 64.4 cm³/mol. The van der Waals surface area contributed by atoms with E-state index in [1.54, 1.807) is 12.6 Å². The molecule has 0 aromatic heterocycles. The molecule has 1 aliphatic rings. The number of aliphatic imine (C=N–C) groups is 3. The molecule has 0 amide bonds. The molecule has 76 valence electrons. The first kappa shape index (κ1) is 10.1. The van der Waals surface area contributed by atoms with E-state index in [0.717, 1.165) is 16.3 Å². The topological polar surface area (TPSA) is 37.1 Å². The second-order valence-electron chi connectivity index (χ2n) is 3.17. The van der Waals surface area contributed by atoms with Gasteiger partial charge in [0.2, 0.25) is 0 Å². The molecule has 0 saturated carbocycles. The Labute approximate surface area is 93.2 Å². The molecule has 0 fully saturated rings. The summed E-state index contributed by atoms with van der Waals surface area (Å²) < 4.78 is 0. The first-order valence-corrected chi connectivity index (χ1v) is 5.01. The highest BCUT2D eigenvalue weighted by molar-refractivity contribution is 6.33. The molecule has 0 bridgehead atoms. The van der Waals surface area contributed by atoms with Gasteiger partial charge in [-0.1, -0.05) is 23.7 Å². The van der Waals surface area contributed by atoms with Gasteiger partial charge in [-0.05, 0) is 17.7 Å². The first-order valence-electron chi connectivity index (χ1n) is 4.64. The van der Waals surface area contributed by atoms with Crippen molar-refractivity contribution in [3.8, 4) is 0 Å². The van der Waals surface area contributed by atoms with Crippen molar-refractivity contribution >= 4 is 29.9 Å². The van der Waals surface area contributed by atoms with E-state index >= 15 is 0 Å². The third-order valence-corrected chi connectivity index (χ3v) is 2.26. The smallest absolute Gasteiger partial charge is 0.110 e. The summed E-state index contributed by atoms with van der Waals surface area (Å²) >= 11 is 5.78. The maximum atomic E-state index is 5.78. The van der Waals surface area contributed by atoms with Gasteiger partial charge in [0.15, 0.2) is 0 Å². The Morgan fingerprint density at radius 1 is 1.27 bits per heavy atom. The first-order chi connectivity index (χ1) is 7.34. The van der Waals surface area contributed by atoms with Crippen LogP contribution in [-0.2, 0) is 6.54 Å². The normalized spacial score (nSPS) is 17.3. The van der Waals surface area contributed by atoms with E-state index in [4.69, 9.17) is 11.6 Å². The van der Waals surface area contributed by atoms with E-state index in [-0.39, 0.29) is 0 Å². The second kappa shape index (κ2) is 4.84. The minimum Gasteiger partial charge on any atom is -0.281 e. The highest BCUT2D eigenvalue weighted by Crippen LogP contribution is 2.10. The average molecular weight is 220 g/mol. The highest BCUT2D eigenvalue weighted by Gasteiger charge is 1.97. The molecule has 0 aliphatic carbocycles. The number of nitrogens with zero attached hydrogens (tertiary/aromatic N) is 3. The predicted octanol–water partition coefficient (Wildman–Crippen LogP) is 2.39. The SMILES string of the molecule is Clc1ccc(CN=C2C=NC=NC2)cc1. The molecule has 0 spiro atoms. The van der Waals surface area contributed by atoms with Crippen molar-refractivity contribution in [2.75, 3.05) is 6.54 Å². The summed E-state index contributed by atoms with van der Waals surface area (Å²) in [5.41, 5.74) is 2.04. The Bertz CT molecular complexity index is 418. The van der Waals surface area contributed by atoms with Gasteiger partial charge in [-0.25, -0.2) is 4.99 Å². The standard InChI is InChI=1S/C11H10ClN3/c12-10-3-1-9(2-4-10)5-15-11-6-13-8-14-7-11/h1-4,6,8H,5,7H2. The van der Waals surface area contributed by atoms with E-state index in [9.17, 15) is 0 Å².